The van der Waals surface area contributed by atoms with Crippen LogP contribution in [0.2, 0.25) is 0 Å². The minimum absolute atomic E-state index is 0. The molecule has 170 valence electrons. The number of hydrogen-bond donors (Lipinski definition) is 1. The van der Waals surface area contributed by atoms with Crippen molar-refractivity contribution in [1.82, 2.24) is 4.90 Å². The van der Waals surface area contributed by atoms with Crippen molar-refractivity contribution in [1.29, 1.82) is 0 Å². The average molecular weight is 474 g/mol. The second-order valence-corrected chi connectivity index (χ2v) is 7.58. The number of nitrogens with zero attached hydrogens (tertiary/aromatic N) is 2. The maximum absolute atomic E-state index is 11.6. The highest BCUT2D eigenvalue weighted by Crippen LogP contribution is 2.30. The Bertz CT molecular complexity index is 1020. The van der Waals surface area contributed by atoms with Crippen LogP contribution in [0.5, 0.6) is 5.75 Å². The second-order valence-electron chi connectivity index (χ2n) is 7.58. The molecule has 32 heavy (non-hydrogen) atoms. The van der Waals surface area contributed by atoms with Gasteiger partial charge in [-0.25, -0.2) is 0 Å². The summed E-state index contributed by atoms with van der Waals surface area (Å²) in [7, 11) is 1.65. The number of halogens is 2. The Morgan fingerprint density at radius 2 is 1.56 bits per heavy atom. The largest absolute Gasteiger partial charge is 0.495 e. The van der Waals surface area contributed by atoms with Gasteiger partial charge in [0.05, 0.1) is 12.8 Å². The highest BCUT2D eigenvalue weighted by Gasteiger charge is 2.21. The first-order chi connectivity index (χ1) is 14.6. The van der Waals surface area contributed by atoms with Crippen LogP contribution in [0.1, 0.15) is 15.9 Å². The van der Waals surface area contributed by atoms with Gasteiger partial charge in [0.15, 0.2) is 0 Å². The molecule has 0 atom stereocenters. The lowest BCUT2D eigenvalue weighted by atomic mass is 10.0. The van der Waals surface area contributed by atoms with E-state index in [0.29, 0.717) is 5.56 Å². The first kappa shape index (κ1) is 25.5. The summed E-state index contributed by atoms with van der Waals surface area (Å²) < 4.78 is 5.50. The van der Waals surface area contributed by atoms with Crippen molar-refractivity contribution in [2.24, 2.45) is 5.73 Å². The lowest BCUT2D eigenvalue weighted by Gasteiger charge is -2.36. The molecule has 3 aromatic rings. The molecule has 0 aliphatic carbocycles. The maximum atomic E-state index is 11.6. The summed E-state index contributed by atoms with van der Waals surface area (Å²) in [6.45, 7) is 4.56. The van der Waals surface area contributed by atoms with Gasteiger partial charge >= 0.3 is 0 Å². The van der Waals surface area contributed by atoms with Gasteiger partial charge in [0, 0.05) is 38.3 Å². The minimum Gasteiger partial charge on any atom is -0.495 e. The van der Waals surface area contributed by atoms with Crippen LogP contribution in [0.3, 0.4) is 0 Å². The van der Waals surface area contributed by atoms with Crippen LogP contribution in [0.25, 0.3) is 11.1 Å². The molecule has 1 saturated heterocycles. The quantitative estimate of drug-likeness (QED) is 0.566. The lowest BCUT2D eigenvalue weighted by Crippen LogP contribution is -2.46. The summed E-state index contributed by atoms with van der Waals surface area (Å²) in [5.41, 5.74) is 10.7. The van der Waals surface area contributed by atoms with Crippen molar-refractivity contribution in [2.75, 3.05) is 38.2 Å². The number of nitrogens with two attached hydrogens (primary N) is 1. The van der Waals surface area contributed by atoms with E-state index in [1.165, 1.54) is 16.7 Å². The van der Waals surface area contributed by atoms with Gasteiger partial charge in [0.2, 0.25) is 5.91 Å². The van der Waals surface area contributed by atoms with E-state index >= 15 is 0 Å². The third-order valence-electron chi connectivity index (χ3n) is 5.62. The number of benzene rings is 3. The Morgan fingerprint density at radius 3 is 2.22 bits per heavy atom. The fourth-order valence-corrected chi connectivity index (χ4v) is 3.98. The van der Waals surface area contributed by atoms with Crippen molar-refractivity contribution in [3.63, 3.8) is 0 Å². The number of carbonyl (C=O) groups is 1. The zero-order valence-electron chi connectivity index (χ0n) is 18.1. The van der Waals surface area contributed by atoms with Crippen LogP contribution < -0.4 is 15.4 Å². The molecule has 4 rings (SSSR count). The van der Waals surface area contributed by atoms with E-state index in [1.807, 2.05) is 18.2 Å². The molecule has 0 aromatic heterocycles. The van der Waals surface area contributed by atoms with Gasteiger partial charge in [-0.3, -0.25) is 9.69 Å². The summed E-state index contributed by atoms with van der Waals surface area (Å²) in [5, 5.41) is 0. The van der Waals surface area contributed by atoms with Gasteiger partial charge in [-0.2, -0.15) is 0 Å². The van der Waals surface area contributed by atoms with Crippen molar-refractivity contribution in [3.8, 4) is 16.9 Å². The highest BCUT2D eigenvalue weighted by molar-refractivity contribution is 5.94. The molecule has 3 aromatic carbocycles. The number of hydrogen-bond acceptors (Lipinski definition) is 4. The van der Waals surface area contributed by atoms with Crippen LogP contribution in [-0.4, -0.2) is 44.1 Å². The highest BCUT2D eigenvalue weighted by atomic mass is 35.5. The Morgan fingerprint density at radius 1 is 0.875 bits per heavy atom. The summed E-state index contributed by atoms with van der Waals surface area (Å²) in [4.78, 5) is 16.3. The molecule has 1 aliphatic heterocycles. The van der Waals surface area contributed by atoms with E-state index in [-0.39, 0.29) is 24.8 Å². The predicted octanol–water partition coefficient (Wildman–Crippen LogP) is 4.63. The molecule has 0 radical (unpaired) electrons. The molecule has 0 bridgehead atoms. The molecule has 1 aliphatic rings. The third-order valence-corrected chi connectivity index (χ3v) is 5.62. The number of primary amides is 1. The molecule has 1 amide bonds. The SMILES string of the molecule is COc1ccc(C(N)=O)cc1N1CCN(Cc2cccc(-c3ccccc3)c2)CC1.Cl.Cl. The number of anilines is 1. The summed E-state index contributed by atoms with van der Waals surface area (Å²) in [6, 6.07) is 24.6. The van der Waals surface area contributed by atoms with E-state index < -0.39 is 5.91 Å². The summed E-state index contributed by atoms with van der Waals surface area (Å²) in [5.74, 6) is 0.347. The molecule has 0 saturated carbocycles. The van der Waals surface area contributed by atoms with Gasteiger partial charge < -0.3 is 15.4 Å². The molecule has 2 N–H and O–H groups in total. The van der Waals surface area contributed by atoms with E-state index in [0.717, 1.165) is 44.2 Å². The van der Waals surface area contributed by atoms with Gasteiger partial charge in [0.25, 0.3) is 0 Å². The standard InChI is InChI=1S/C25H27N3O2.2ClH/c1-30-24-11-10-22(25(26)29)17-23(24)28-14-12-27(13-15-28)18-19-6-5-9-21(16-19)20-7-3-2-4-8-20;;/h2-11,16-17H,12-15,18H2,1H3,(H2,26,29);2*1H. The number of piperazine rings is 1. The van der Waals surface area contributed by atoms with Crippen LogP contribution in [0.15, 0.2) is 72.8 Å². The van der Waals surface area contributed by atoms with Gasteiger partial charge in [-0.05, 0) is 41.0 Å². The number of ether oxygens (including phenoxy) is 1. The smallest absolute Gasteiger partial charge is 0.248 e. The van der Waals surface area contributed by atoms with Crippen molar-refractivity contribution < 1.29 is 9.53 Å². The van der Waals surface area contributed by atoms with Crippen molar-refractivity contribution >= 4 is 36.4 Å². The number of methoxy groups -OCH3 is 1. The number of rotatable bonds is 6. The second kappa shape index (κ2) is 11.8. The van der Waals surface area contributed by atoms with Gasteiger partial charge in [-0.1, -0.05) is 48.5 Å². The minimum atomic E-state index is -0.421. The Labute approximate surface area is 202 Å². The van der Waals surface area contributed by atoms with Gasteiger partial charge in [-0.15, -0.1) is 24.8 Å². The fourth-order valence-electron chi connectivity index (χ4n) is 3.98. The first-order valence-corrected chi connectivity index (χ1v) is 10.2. The number of carbonyl (C=O) groups excluding carboxylic acids is 1. The fraction of sp³-hybridized carbons (Fsp3) is 0.240. The Kier molecular flexibility index (Phi) is 9.39. The van der Waals surface area contributed by atoms with Gasteiger partial charge in [0.1, 0.15) is 5.75 Å². The maximum Gasteiger partial charge on any atom is 0.248 e. The third kappa shape index (κ3) is 5.94. The topological polar surface area (TPSA) is 58.8 Å². The Hall–Kier alpha value is -2.73. The lowest BCUT2D eigenvalue weighted by molar-refractivity contribution is 0.100. The van der Waals surface area contributed by atoms with E-state index in [1.54, 1.807) is 13.2 Å². The molecule has 0 spiro atoms. The molecular formula is C25H29Cl2N3O2. The number of amides is 1. The normalized spacial score (nSPS) is 13.6. The molecule has 1 fully saturated rings. The van der Waals surface area contributed by atoms with Crippen LogP contribution >= 0.6 is 24.8 Å². The zero-order chi connectivity index (χ0) is 20.9. The van der Waals surface area contributed by atoms with Crippen molar-refractivity contribution in [2.45, 2.75) is 6.54 Å². The molecule has 1 heterocycles. The Balaban J connectivity index is 0.00000181. The molecule has 5 nitrogen and oxygen atoms in total. The van der Waals surface area contributed by atoms with E-state index in [9.17, 15) is 4.79 Å². The zero-order valence-corrected chi connectivity index (χ0v) is 19.7. The van der Waals surface area contributed by atoms with Crippen LogP contribution in [0.4, 0.5) is 5.69 Å². The first-order valence-electron chi connectivity index (χ1n) is 10.2. The summed E-state index contributed by atoms with van der Waals surface area (Å²) >= 11 is 0. The molecule has 7 heteroatoms. The van der Waals surface area contributed by atoms with E-state index in [2.05, 4.69) is 58.3 Å². The van der Waals surface area contributed by atoms with Crippen molar-refractivity contribution in [3.05, 3.63) is 83.9 Å². The summed E-state index contributed by atoms with van der Waals surface area (Å²) in [6.07, 6.45) is 0. The van der Waals surface area contributed by atoms with Crippen LogP contribution in [0, 0.1) is 0 Å². The predicted molar refractivity (Wildman–Crippen MR) is 135 cm³/mol. The average Bonchev–Trinajstić information content (AvgIpc) is 2.80. The van der Waals surface area contributed by atoms with E-state index in [4.69, 9.17) is 10.5 Å². The molecular weight excluding hydrogens is 445 g/mol. The monoisotopic (exact) mass is 473 g/mol. The van der Waals surface area contributed by atoms with Crippen LogP contribution in [-0.2, 0) is 6.54 Å². The molecule has 0 unspecified atom stereocenters.